The molecule has 0 radical (unpaired) electrons. The number of thiophene rings is 1. The summed E-state index contributed by atoms with van der Waals surface area (Å²) < 4.78 is 11.3. The van der Waals surface area contributed by atoms with Crippen molar-refractivity contribution in [3.05, 3.63) is 21.9 Å². The summed E-state index contributed by atoms with van der Waals surface area (Å²) in [4.78, 5) is 18.4. The van der Waals surface area contributed by atoms with Crippen molar-refractivity contribution in [3.8, 4) is 0 Å². The molecule has 0 aliphatic carbocycles. The number of likely N-dealkylation sites (tertiary alicyclic amines) is 1. The van der Waals surface area contributed by atoms with Crippen molar-refractivity contribution < 1.29 is 14.3 Å². The molecule has 0 aromatic carbocycles. The largest absolute Gasteiger partial charge is 0.350 e. The summed E-state index contributed by atoms with van der Waals surface area (Å²) in [6.45, 7) is 6.14. The molecule has 1 amide bonds. The van der Waals surface area contributed by atoms with E-state index in [1.165, 1.54) is 10.4 Å². The molecule has 3 aliphatic heterocycles. The molecular weight excluding hydrogens is 324 g/mol. The zero-order valence-corrected chi connectivity index (χ0v) is 14.9. The number of hydrogen-bond donors (Lipinski definition) is 0. The third-order valence-corrected chi connectivity index (χ3v) is 6.49. The number of carbonyl (C=O) groups excluding carboxylic acids is 1. The molecule has 0 bridgehead atoms. The van der Waals surface area contributed by atoms with Crippen molar-refractivity contribution in [2.24, 2.45) is 5.92 Å². The van der Waals surface area contributed by atoms with Crippen LogP contribution in [0.5, 0.6) is 0 Å². The summed E-state index contributed by atoms with van der Waals surface area (Å²) in [6.07, 6.45) is 3.90. The zero-order chi connectivity index (χ0) is 16.4. The molecular formula is C18H26N2O3S. The van der Waals surface area contributed by atoms with Crippen LogP contribution in [-0.2, 0) is 27.2 Å². The molecule has 4 heterocycles. The smallest absolute Gasteiger partial charge is 0.224 e. The molecule has 0 saturated carbocycles. The van der Waals surface area contributed by atoms with Gasteiger partial charge in [0.15, 0.2) is 6.29 Å². The fraction of sp³-hybridized carbons (Fsp3) is 0.722. The van der Waals surface area contributed by atoms with Crippen LogP contribution >= 0.6 is 11.3 Å². The average Bonchev–Trinajstić information content (AvgIpc) is 3.30. The number of nitrogens with zero attached hydrogens (tertiary/aromatic N) is 2. The average molecular weight is 350 g/mol. The van der Waals surface area contributed by atoms with Crippen molar-refractivity contribution in [3.63, 3.8) is 0 Å². The molecule has 0 spiro atoms. The normalized spacial score (nSPS) is 23.6. The summed E-state index contributed by atoms with van der Waals surface area (Å²) in [7, 11) is 0. The molecule has 2 fully saturated rings. The first-order chi connectivity index (χ1) is 11.8. The van der Waals surface area contributed by atoms with Crippen LogP contribution in [0.4, 0.5) is 0 Å². The third-order valence-electron chi connectivity index (χ3n) is 5.47. The highest BCUT2D eigenvalue weighted by Crippen LogP contribution is 2.26. The minimum atomic E-state index is 0.0157. The fourth-order valence-corrected chi connectivity index (χ4v) is 4.86. The van der Waals surface area contributed by atoms with Gasteiger partial charge in [0.1, 0.15) is 0 Å². The number of amides is 1. The minimum Gasteiger partial charge on any atom is -0.350 e. The lowest BCUT2D eigenvalue weighted by Crippen LogP contribution is -2.41. The Hall–Kier alpha value is -0.950. The van der Waals surface area contributed by atoms with Crippen molar-refractivity contribution >= 4 is 17.2 Å². The van der Waals surface area contributed by atoms with Crippen molar-refractivity contribution in [1.29, 1.82) is 0 Å². The van der Waals surface area contributed by atoms with Crippen LogP contribution in [0.2, 0.25) is 0 Å². The van der Waals surface area contributed by atoms with Crippen LogP contribution in [0.3, 0.4) is 0 Å². The Morgan fingerprint density at radius 3 is 2.79 bits per heavy atom. The molecule has 1 aromatic rings. The summed E-state index contributed by atoms with van der Waals surface area (Å²) in [6, 6.07) is 2.16. The highest BCUT2D eigenvalue weighted by Gasteiger charge is 2.30. The SMILES string of the molecule is O=C(CCN1CCC(C2OCCO2)CC1)N1CCc2sccc2C1. The van der Waals surface area contributed by atoms with E-state index in [0.717, 1.165) is 65.2 Å². The highest BCUT2D eigenvalue weighted by molar-refractivity contribution is 7.10. The van der Waals surface area contributed by atoms with Gasteiger partial charge in [0.05, 0.1) is 13.2 Å². The van der Waals surface area contributed by atoms with Crippen LogP contribution in [0.1, 0.15) is 29.7 Å². The first-order valence-corrected chi connectivity index (χ1v) is 9.96. The molecule has 1 aromatic heterocycles. The van der Waals surface area contributed by atoms with Gasteiger partial charge in [0.25, 0.3) is 0 Å². The number of piperidine rings is 1. The van der Waals surface area contributed by atoms with Crippen molar-refractivity contribution in [2.75, 3.05) is 39.4 Å². The van der Waals surface area contributed by atoms with Gasteiger partial charge in [-0.25, -0.2) is 0 Å². The minimum absolute atomic E-state index is 0.0157. The maximum atomic E-state index is 12.5. The van der Waals surface area contributed by atoms with Gasteiger partial charge in [-0.1, -0.05) is 0 Å². The molecule has 4 rings (SSSR count). The Morgan fingerprint density at radius 2 is 2.00 bits per heavy atom. The predicted molar refractivity (Wildman–Crippen MR) is 92.9 cm³/mol. The van der Waals surface area contributed by atoms with Crippen molar-refractivity contribution in [2.45, 2.75) is 38.5 Å². The molecule has 3 aliphatic rings. The van der Waals surface area contributed by atoms with E-state index in [1.54, 1.807) is 0 Å². The van der Waals surface area contributed by atoms with Crippen LogP contribution < -0.4 is 0 Å². The zero-order valence-electron chi connectivity index (χ0n) is 14.1. The van der Waals surface area contributed by atoms with Crippen molar-refractivity contribution in [1.82, 2.24) is 9.80 Å². The number of fused-ring (bicyclic) bond motifs is 1. The Labute approximate surface area is 147 Å². The van der Waals surface area contributed by atoms with Crippen LogP contribution in [-0.4, -0.2) is 61.4 Å². The highest BCUT2D eigenvalue weighted by atomic mass is 32.1. The Kier molecular flexibility index (Phi) is 5.17. The third kappa shape index (κ3) is 3.67. The van der Waals surface area contributed by atoms with Gasteiger partial charge in [-0.15, -0.1) is 11.3 Å². The lowest BCUT2D eigenvalue weighted by atomic mass is 9.96. The van der Waals surface area contributed by atoms with Gasteiger partial charge in [0, 0.05) is 36.9 Å². The Morgan fingerprint density at radius 1 is 1.21 bits per heavy atom. The van der Waals surface area contributed by atoms with E-state index in [1.807, 2.05) is 16.2 Å². The summed E-state index contributed by atoms with van der Waals surface area (Å²) in [5.41, 5.74) is 1.34. The number of hydrogen-bond acceptors (Lipinski definition) is 5. The first-order valence-electron chi connectivity index (χ1n) is 9.08. The van der Waals surface area contributed by atoms with Gasteiger partial charge in [-0.3, -0.25) is 4.79 Å². The molecule has 2 saturated heterocycles. The molecule has 0 N–H and O–H groups in total. The second kappa shape index (κ2) is 7.52. The molecule has 24 heavy (non-hydrogen) atoms. The second-order valence-corrected chi connectivity index (χ2v) is 7.97. The summed E-state index contributed by atoms with van der Waals surface area (Å²) >= 11 is 1.82. The Bertz CT molecular complexity index is 562. The van der Waals surface area contributed by atoms with Gasteiger partial charge in [0.2, 0.25) is 5.91 Å². The summed E-state index contributed by atoms with van der Waals surface area (Å²) in [5, 5.41) is 2.14. The van der Waals surface area contributed by atoms with Gasteiger partial charge < -0.3 is 19.3 Å². The molecule has 6 heteroatoms. The summed E-state index contributed by atoms with van der Waals surface area (Å²) in [5.74, 6) is 0.829. The van der Waals surface area contributed by atoms with Gasteiger partial charge in [-0.2, -0.15) is 0 Å². The predicted octanol–water partition coefficient (Wildman–Crippen LogP) is 2.11. The lowest BCUT2D eigenvalue weighted by molar-refractivity contribution is -0.132. The second-order valence-electron chi connectivity index (χ2n) is 6.97. The van der Waals surface area contributed by atoms with Gasteiger partial charge in [-0.05, 0) is 49.4 Å². The van der Waals surface area contributed by atoms with E-state index >= 15 is 0 Å². The van der Waals surface area contributed by atoms with E-state index in [2.05, 4.69) is 16.3 Å². The van der Waals surface area contributed by atoms with E-state index in [0.29, 0.717) is 18.2 Å². The monoisotopic (exact) mass is 350 g/mol. The topological polar surface area (TPSA) is 42.0 Å². The number of rotatable bonds is 4. The maximum Gasteiger partial charge on any atom is 0.224 e. The molecule has 132 valence electrons. The van der Waals surface area contributed by atoms with E-state index < -0.39 is 0 Å². The first kappa shape index (κ1) is 16.5. The van der Waals surface area contributed by atoms with E-state index in [-0.39, 0.29) is 6.29 Å². The number of carbonyl (C=O) groups is 1. The molecule has 0 unspecified atom stereocenters. The van der Waals surface area contributed by atoms with E-state index in [9.17, 15) is 4.79 Å². The Balaban J connectivity index is 1.19. The van der Waals surface area contributed by atoms with Crippen LogP contribution in [0, 0.1) is 5.92 Å². The van der Waals surface area contributed by atoms with Gasteiger partial charge >= 0.3 is 0 Å². The fourth-order valence-electron chi connectivity index (χ4n) is 3.97. The molecule has 0 atom stereocenters. The number of ether oxygens (including phenoxy) is 2. The van der Waals surface area contributed by atoms with E-state index in [4.69, 9.17) is 9.47 Å². The quantitative estimate of drug-likeness (QED) is 0.834. The van der Waals surface area contributed by atoms with Crippen LogP contribution in [0.25, 0.3) is 0 Å². The molecule has 5 nitrogen and oxygen atoms in total. The standard InChI is InChI=1S/C18H26N2O3S/c21-17(20-9-3-16-15(13-20)5-12-24-16)4-8-19-6-1-14(2-7-19)18-22-10-11-23-18/h5,12,14,18H,1-4,6-11,13H2. The van der Waals surface area contributed by atoms with Crippen LogP contribution in [0.15, 0.2) is 11.4 Å². The maximum absolute atomic E-state index is 12.5. The lowest BCUT2D eigenvalue weighted by Gasteiger charge is -2.34.